The Bertz CT molecular complexity index is 329. The topological polar surface area (TPSA) is 58.9 Å². The molecular weight excluding hydrogens is 180 g/mol. The molecule has 0 saturated heterocycles. The molecule has 1 aliphatic rings. The number of hydrogen-bond donors (Lipinski definition) is 0. The Hall–Kier alpha value is -1.24. The van der Waals surface area contributed by atoms with Crippen LogP contribution in [-0.4, -0.2) is 24.2 Å². The summed E-state index contributed by atoms with van der Waals surface area (Å²) in [6, 6.07) is 0. The Labute approximate surface area is 83.1 Å². The molecule has 3 atom stereocenters. The molecule has 0 amide bonds. The van der Waals surface area contributed by atoms with E-state index in [1.165, 1.54) is 6.08 Å². The smallest absolute Gasteiger partial charge is 0.211 e. The van der Waals surface area contributed by atoms with Crippen LogP contribution in [0.5, 0.6) is 0 Å². The zero-order chi connectivity index (χ0) is 10.8. The zero-order valence-corrected chi connectivity index (χ0v) is 8.70. The summed E-state index contributed by atoms with van der Waals surface area (Å²) in [5, 5.41) is 0. The van der Waals surface area contributed by atoms with Gasteiger partial charge in [0.05, 0.1) is 12.1 Å². The maximum Gasteiger partial charge on any atom is 0.235 e. The highest BCUT2D eigenvalue weighted by Crippen LogP contribution is 2.66. The average Bonchev–Trinajstić information content (AvgIpc) is 2.63. The van der Waals surface area contributed by atoms with E-state index in [1.807, 2.05) is 20.8 Å². The predicted molar refractivity (Wildman–Crippen MR) is 51.4 cm³/mol. The van der Waals surface area contributed by atoms with Crippen LogP contribution in [0.25, 0.3) is 0 Å². The minimum absolute atomic E-state index is 0.151. The van der Waals surface area contributed by atoms with Gasteiger partial charge < -0.3 is 0 Å². The molecule has 3 unspecified atom stereocenters. The molecule has 4 nitrogen and oxygen atoms in total. The fraction of sp³-hybridized carbons (Fsp3) is 0.800. The van der Waals surface area contributed by atoms with Crippen LogP contribution in [0.3, 0.4) is 0 Å². The molecule has 0 bridgehead atoms. The van der Waals surface area contributed by atoms with E-state index in [0.717, 1.165) is 6.42 Å². The van der Waals surface area contributed by atoms with Gasteiger partial charge in [-0.05, 0) is 19.3 Å². The van der Waals surface area contributed by atoms with Gasteiger partial charge in [-0.2, -0.15) is 4.99 Å². The number of nitrogens with zero attached hydrogens (tertiary/aromatic N) is 2. The van der Waals surface area contributed by atoms with Crippen molar-refractivity contribution >= 4 is 12.2 Å². The Morgan fingerprint density at radius 3 is 2.43 bits per heavy atom. The summed E-state index contributed by atoms with van der Waals surface area (Å²) in [6.45, 7) is 6.34. The summed E-state index contributed by atoms with van der Waals surface area (Å²) in [6.07, 6.45) is 3.98. The Kier molecular flexibility index (Phi) is 2.70. The van der Waals surface area contributed by atoms with Gasteiger partial charge in [0.15, 0.2) is 0 Å². The van der Waals surface area contributed by atoms with Crippen LogP contribution in [0.2, 0.25) is 0 Å². The summed E-state index contributed by atoms with van der Waals surface area (Å²) in [5.41, 5.74) is -0.550. The van der Waals surface area contributed by atoms with Gasteiger partial charge in [-0.15, -0.1) is 0 Å². The van der Waals surface area contributed by atoms with E-state index >= 15 is 0 Å². The Morgan fingerprint density at radius 1 is 1.36 bits per heavy atom. The monoisotopic (exact) mass is 194 g/mol. The van der Waals surface area contributed by atoms with Crippen LogP contribution in [0.4, 0.5) is 0 Å². The molecule has 0 aromatic heterocycles. The lowest BCUT2D eigenvalue weighted by Gasteiger charge is -2.13. The van der Waals surface area contributed by atoms with Crippen molar-refractivity contribution in [3.05, 3.63) is 0 Å². The van der Waals surface area contributed by atoms with Gasteiger partial charge >= 0.3 is 0 Å². The highest BCUT2D eigenvalue weighted by atomic mass is 16.1. The number of isocyanates is 2. The van der Waals surface area contributed by atoms with E-state index in [9.17, 15) is 9.59 Å². The minimum atomic E-state index is -0.399. The van der Waals surface area contributed by atoms with Gasteiger partial charge in [0.25, 0.3) is 0 Å². The number of carbonyl (C=O) groups excluding carboxylic acids is 2. The molecule has 1 aliphatic carbocycles. The quantitative estimate of drug-likeness (QED) is 0.502. The molecule has 1 rings (SSSR count). The molecule has 0 aromatic carbocycles. The summed E-state index contributed by atoms with van der Waals surface area (Å²) < 4.78 is 0. The molecule has 1 fully saturated rings. The largest absolute Gasteiger partial charge is 0.235 e. The van der Waals surface area contributed by atoms with Crippen molar-refractivity contribution in [1.82, 2.24) is 0 Å². The molecule has 0 aliphatic heterocycles. The van der Waals surface area contributed by atoms with Gasteiger partial charge in [-0.3, -0.25) is 0 Å². The van der Waals surface area contributed by atoms with Gasteiger partial charge in [0.2, 0.25) is 12.2 Å². The average molecular weight is 194 g/mol. The molecule has 0 N–H and O–H groups in total. The van der Waals surface area contributed by atoms with Crippen LogP contribution in [0, 0.1) is 11.3 Å². The van der Waals surface area contributed by atoms with Crippen molar-refractivity contribution in [2.24, 2.45) is 21.3 Å². The summed E-state index contributed by atoms with van der Waals surface area (Å²) in [4.78, 5) is 27.8. The van der Waals surface area contributed by atoms with Crippen LogP contribution in [0.15, 0.2) is 9.98 Å². The maximum absolute atomic E-state index is 10.3. The van der Waals surface area contributed by atoms with Crippen LogP contribution < -0.4 is 0 Å². The summed E-state index contributed by atoms with van der Waals surface area (Å²) in [7, 11) is 0. The normalized spacial score (nSPS) is 39.5. The second-order valence-electron chi connectivity index (χ2n) is 3.99. The fourth-order valence-corrected chi connectivity index (χ4v) is 2.55. The lowest BCUT2D eigenvalue weighted by atomic mass is 9.97. The molecule has 1 saturated carbocycles. The first kappa shape index (κ1) is 10.8. The zero-order valence-electron chi connectivity index (χ0n) is 8.70. The molecule has 0 aromatic rings. The second kappa shape index (κ2) is 3.49. The first-order chi connectivity index (χ1) is 6.59. The van der Waals surface area contributed by atoms with E-state index in [2.05, 4.69) is 9.98 Å². The summed E-state index contributed by atoms with van der Waals surface area (Å²) in [5.74, 6) is 0.263. The Balaban J connectivity index is 2.94. The van der Waals surface area contributed by atoms with E-state index in [1.54, 1.807) is 6.08 Å². The highest BCUT2D eigenvalue weighted by molar-refractivity contribution is 5.41. The van der Waals surface area contributed by atoms with Crippen LogP contribution in [-0.2, 0) is 9.59 Å². The number of hydrogen-bond acceptors (Lipinski definition) is 4. The van der Waals surface area contributed by atoms with Gasteiger partial charge in [-0.1, -0.05) is 13.8 Å². The lowest BCUT2D eigenvalue weighted by Crippen LogP contribution is -2.17. The molecule has 0 radical (unpaired) electrons. The van der Waals surface area contributed by atoms with Crippen LogP contribution in [0.1, 0.15) is 27.2 Å². The molecule has 14 heavy (non-hydrogen) atoms. The van der Waals surface area contributed by atoms with E-state index < -0.39 is 5.54 Å². The van der Waals surface area contributed by atoms with E-state index in [-0.39, 0.29) is 11.3 Å². The summed E-state index contributed by atoms with van der Waals surface area (Å²) >= 11 is 0. The number of rotatable bonds is 4. The van der Waals surface area contributed by atoms with E-state index in [4.69, 9.17) is 0 Å². The van der Waals surface area contributed by atoms with Crippen molar-refractivity contribution in [2.75, 3.05) is 6.54 Å². The minimum Gasteiger partial charge on any atom is -0.211 e. The van der Waals surface area contributed by atoms with Crippen molar-refractivity contribution in [3.8, 4) is 0 Å². The third-order valence-corrected chi connectivity index (χ3v) is 3.93. The SMILES string of the molecule is CCC1(CN=C=O)C(C)C1(C)N=C=O. The molecule has 0 heterocycles. The van der Waals surface area contributed by atoms with Crippen molar-refractivity contribution in [2.45, 2.75) is 32.7 Å². The van der Waals surface area contributed by atoms with Gasteiger partial charge in [-0.25, -0.2) is 14.6 Å². The lowest BCUT2D eigenvalue weighted by molar-refractivity contribution is 0.415. The highest BCUT2D eigenvalue weighted by Gasteiger charge is 2.71. The van der Waals surface area contributed by atoms with Gasteiger partial charge in [0.1, 0.15) is 0 Å². The second-order valence-corrected chi connectivity index (χ2v) is 3.99. The van der Waals surface area contributed by atoms with Crippen molar-refractivity contribution in [1.29, 1.82) is 0 Å². The predicted octanol–water partition coefficient (Wildman–Crippen LogP) is 1.46. The molecule has 4 heteroatoms. The Morgan fingerprint density at radius 2 is 2.00 bits per heavy atom. The number of aliphatic imine (C=N–C) groups is 2. The van der Waals surface area contributed by atoms with Crippen LogP contribution >= 0.6 is 0 Å². The van der Waals surface area contributed by atoms with Crippen molar-refractivity contribution in [3.63, 3.8) is 0 Å². The molecular formula is C10H14N2O2. The first-order valence-corrected chi connectivity index (χ1v) is 4.71. The van der Waals surface area contributed by atoms with E-state index in [0.29, 0.717) is 6.54 Å². The third kappa shape index (κ3) is 1.16. The standard InChI is InChI=1S/C10H14N2O2/c1-4-10(5-11-6-13)8(2)9(10,3)12-7-14/h8H,4-5H2,1-3H3. The van der Waals surface area contributed by atoms with Gasteiger partial charge in [0, 0.05) is 5.41 Å². The molecule has 76 valence electrons. The maximum atomic E-state index is 10.3. The molecule has 0 spiro atoms. The third-order valence-electron chi connectivity index (χ3n) is 3.93. The fourth-order valence-electron chi connectivity index (χ4n) is 2.55. The van der Waals surface area contributed by atoms with Crippen molar-refractivity contribution < 1.29 is 9.59 Å². The first-order valence-electron chi connectivity index (χ1n) is 4.71.